The molecule has 0 saturated carbocycles. The van der Waals surface area contributed by atoms with Crippen LogP contribution >= 0.6 is 0 Å². The van der Waals surface area contributed by atoms with Gasteiger partial charge < -0.3 is 14.8 Å². The maximum Gasteiger partial charge on any atom is 0.448 e. The Morgan fingerprint density at radius 3 is 2.11 bits per heavy atom. The predicted octanol–water partition coefficient (Wildman–Crippen LogP) is 1.62. The first-order valence-corrected chi connectivity index (χ1v) is 5.73. The van der Waals surface area contributed by atoms with Crippen molar-refractivity contribution in [3.63, 3.8) is 0 Å². The fourth-order valence-electron chi connectivity index (χ4n) is 1.19. The number of esters is 1. The summed E-state index contributed by atoms with van der Waals surface area (Å²) < 4.78 is 48.4. The van der Waals surface area contributed by atoms with Crippen LogP contribution < -0.4 is 5.32 Å². The zero-order chi connectivity index (χ0) is 15.3. The summed E-state index contributed by atoms with van der Waals surface area (Å²) in [5.41, 5.74) is -3.46. The number of hydrogen-bond donors (Lipinski definition) is 1. The summed E-state index contributed by atoms with van der Waals surface area (Å²) >= 11 is 0. The molecule has 0 spiro atoms. The summed E-state index contributed by atoms with van der Waals surface area (Å²) in [6, 6.07) is 0. The van der Waals surface area contributed by atoms with Crippen LogP contribution in [0.2, 0.25) is 0 Å². The average molecular weight is 285 g/mol. The van der Waals surface area contributed by atoms with Gasteiger partial charge in [-0.25, -0.2) is 4.79 Å². The monoisotopic (exact) mass is 285 g/mol. The highest BCUT2D eigenvalue weighted by atomic mass is 19.4. The molecule has 1 unspecified atom stereocenters. The van der Waals surface area contributed by atoms with Gasteiger partial charge in [-0.05, 0) is 12.8 Å². The summed E-state index contributed by atoms with van der Waals surface area (Å²) in [5, 5.41) is 1.51. The largest absolute Gasteiger partial charge is 0.462 e. The number of amides is 1. The molecule has 0 aliphatic heterocycles. The van der Waals surface area contributed by atoms with Gasteiger partial charge in [-0.3, -0.25) is 4.79 Å². The van der Waals surface area contributed by atoms with E-state index in [4.69, 9.17) is 0 Å². The highest BCUT2D eigenvalue weighted by molar-refractivity contribution is 5.86. The second-order valence-corrected chi connectivity index (χ2v) is 4.29. The molecule has 112 valence electrons. The average Bonchev–Trinajstić information content (AvgIpc) is 2.21. The zero-order valence-electron chi connectivity index (χ0n) is 11.3. The lowest BCUT2D eigenvalue weighted by molar-refractivity contribution is -0.288. The van der Waals surface area contributed by atoms with Gasteiger partial charge in [0.25, 0.3) is 0 Å². The van der Waals surface area contributed by atoms with Crippen molar-refractivity contribution in [2.45, 2.75) is 39.6 Å². The van der Waals surface area contributed by atoms with Crippen molar-refractivity contribution in [1.82, 2.24) is 5.32 Å². The van der Waals surface area contributed by atoms with Gasteiger partial charge in [0.2, 0.25) is 5.91 Å². The van der Waals surface area contributed by atoms with Crippen molar-refractivity contribution in [3.8, 4) is 0 Å². The van der Waals surface area contributed by atoms with Gasteiger partial charge in [-0.15, -0.1) is 0 Å². The Kier molecular flexibility index (Phi) is 6.28. The van der Waals surface area contributed by atoms with E-state index in [0.29, 0.717) is 0 Å². The van der Waals surface area contributed by atoms with Gasteiger partial charge in [-0.1, -0.05) is 13.8 Å². The maximum atomic E-state index is 13.1. The number of carbonyl (C=O) groups is 2. The van der Waals surface area contributed by atoms with E-state index in [-0.39, 0.29) is 19.1 Å². The van der Waals surface area contributed by atoms with E-state index in [1.54, 1.807) is 13.8 Å². The minimum absolute atomic E-state index is 0.259. The molecule has 0 radical (unpaired) electrons. The summed E-state index contributed by atoms with van der Waals surface area (Å²) in [6.45, 7) is 4.81. The van der Waals surface area contributed by atoms with Gasteiger partial charge in [0.05, 0.1) is 13.2 Å². The second kappa shape index (κ2) is 6.74. The van der Waals surface area contributed by atoms with Crippen LogP contribution in [0.4, 0.5) is 13.2 Å². The Labute approximate surface area is 109 Å². The van der Waals surface area contributed by atoms with E-state index in [2.05, 4.69) is 9.47 Å². The van der Waals surface area contributed by atoms with Crippen molar-refractivity contribution in [1.29, 1.82) is 0 Å². The van der Waals surface area contributed by atoms with Crippen LogP contribution in [0.15, 0.2) is 0 Å². The standard InChI is InChI=1S/C11H18F3NO4/c1-5-18-9(17)10(11(12,13)14,15-8(4)16)19-6-7(2)3/h7H,5-6H2,1-4H3,(H,15,16). The molecule has 1 atom stereocenters. The van der Waals surface area contributed by atoms with Gasteiger partial charge in [-0.2, -0.15) is 13.2 Å². The fourth-order valence-corrected chi connectivity index (χ4v) is 1.19. The summed E-state index contributed by atoms with van der Waals surface area (Å²) in [7, 11) is 0. The molecule has 19 heavy (non-hydrogen) atoms. The second-order valence-electron chi connectivity index (χ2n) is 4.29. The Morgan fingerprint density at radius 2 is 1.79 bits per heavy atom. The molecule has 0 aromatic carbocycles. The normalized spacial score (nSPS) is 14.9. The lowest BCUT2D eigenvalue weighted by Gasteiger charge is -2.33. The van der Waals surface area contributed by atoms with Crippen LogP contribution in [0.1, 0.15) is 27.7 Å². The molecule has 0 aliphatic carbocycles. The minimum Gasteiger partial charge on any atom is -0.462 e. The van der Waals surface area contributed by atoms with E-state index in [0.717, 1.165) is 6.92 Å². The van der Waals surface area contributed by atoms with E-state index >= 15 is 0 Å². The fraction of sp³-hybridized carbons (Fsp3) is 0.818. The number of carbonyl (C=O) groups excluding carboxylic acids is 2. The van der Waals surface area contributed by atoms with E-state index in [9.17, 15) is 22.8 Å². The lowest BCUT2D eigenvalue weighted by atomic mass is 10.2. The van der Waals surface area contributed by atoms with Crippen LogP contribution in [0.5, 0.6) is 0 Å². The molecule has 0 aromatic rings. The molecule has 0 rings (SSSR count). The molecule has 0 aromatic heterocycles. The zero-order valence-corrected chi connectivity index (χ0v) is 11.3. The SMILES string of the molecule is CCOC(=O)C(NC(C)=O)(OCC(C)C)C(F)(F)F. The molecule has 1 amide bonds. The summed E-state index contributed by atoms with van der Waals surface area (Å²) in [6.07, 6.45) is -5.13. The van der Waals surface area contributed by atoms with Gasteiger partial charge in [0.15, 0.2) is 0 Å². The maximum absolute atomic E-state index is 13.1. The first kappa shape index (κ1) is 17.7. The quantitative estimate of drug-likeness (QED) is 0.595. The van der Waals surface area contributed by atoms with Crippen LogP contribution in [0.3, 0.4) is 0 Å². The molecular formula is C11H18F3NO4. The molecule has 0 saturated heterocycles. The smallest absolute Gasteiger partial charge is 0.448 e. The topological polar surface area (TPSA) is 64.6 Å². The van der Waals surface area contributed by atoms with Crippen LogP contribution in [-0.2, 0) is 19.1 Å². The third-order valence-electron chi connectivity index (χ3n) is 1.95. The molecule has 0 aliphatic rings. The lowest BCUT2D eigenvalue weighted by Crippen LogP contribution is -2.66. The van der Waals surface area contributed by atoms with Crippen molar-refractivity contribution in [2.75, 3.05) is 13.2 Å². The third-order valence-corrected chi connectivity index (χ3v) is 1.95. The highest BCUT2D eigenvalue weighted by Gasteiger charge is 2.64. The Morgan fingerprint density at radius 1 is 1.26 bits per heavy atom. The third kappa shape index (κ3) is 4.70. The summed E-state index contributed by atoms with van der Waals surface area (Å²) in [5.74, 6) is -2.99. The number of rotatable bonds is 6. The molecule has 1 N–H and O–H groups in total. The van der Waals surface area contributed by atoms with Crippen molar-refractivity contribution in [3.05, 3.63) is 0 Å². The number of alkyl halides is 3. The number of nitrogens with one attached hydrogen (secondary N) is 1. The number of halogens is 3. The van der Waals surface area contributed by atoms with Crippen molar-refractivity contribution in [2.24, 2.45) is 5.92 Å². The molecule has 0 fully saturated rings. The van der Waals surface area contributed by atoms with Crippen LogP contribution in [-0.4, -0.2) is 37.0 Å². The number of hydrogen-bond acceptors (Lipinski definition) is 4. The minimum atomic E-state index is -5.13. The molecule has 8 heteroatoms. The summed E-state index contributed by atoms with van der Waals surface area (Å²) in [4.78, 5) is 22.5. The molecule has 0 heterocycles. The van der Waals surface area contributed by atoms with Crippen molar-refractivity contribution < 1.29 is 32.2 Å². The Bertz CT molecular complexity index is 330. The Hall–Kier alpha value is -1.31. The Balaban J connectivity index is 5.44. The van der Waals surface area contributed by atoms with Crippen LogP contribution in [0.25, 0.3) is 0 Å². The predicted molar refractivity (Wildman–Crippen MR) is 60.0 cm³/mol. The molecule has 5 nitrogen and oxygen atoms in total. The van der Waals surface area contributed by atoms with E-state index in [1.165, 1.54) is 12.2 Å². The van der Waals surface area contributed by atoms with Gasteiger partial charge in [0.1, 0.15) is 0 Å². The van der Waals surface area contributed by atoms with Gasteiger partial charge >= 0.3 is 17.9 Å². The number of ether oxygens (including phenoxy) is 2. The van der Waals surface area contributed by atoms with E-state index in [1.807, 2.05) is 0 Å². The first-order valence-electron chi connectivity index (χ1n) is 5.73. The van der Waals surface area contributed by atoms with E-state index < -0.39 is 23.8 Å². The first-order chi connectivity index (χ1) is 8.56. The molecular weight excluding hydrogens is 267 g/mol. The van der Waals surface area contributed by atoms with Crippen LogP contribution in [0, 0.1) is 5.92 Å². The highest BCUT2D eigenvalue weighted by Crippen LogP contribution is 2.33. The van der Waals surface area contributed by atoms with Gasteiger partial charge in [0, 0.05) is 6.92 Å². The van der Waals surface area contributed by atoms with Crippen molar-refractivity contribution >= 4 is 11.9 Å². The molecule has 0 bridgehead atoms.